The normalized spacial score (nSPS) is 11.7. The molecule has 1 aromatic heterocycles. The maximum absolute atomic E-state index is 12.4. The van der Waals surface area contributed by atoms with Crippen LogP contribution in [0.15, 0.2) is 36.5 Å². The highest BCUT2D eigenvalue weighted by atomic mass is 32.2. The van der Waals surface area contributed by atoms with E-state index in [0.717, 1.165) is 22.4 Å². The van der Waals surface area contributed by atoms with Gasteiger partial charge in [-0.2, -0.15) is 17.4 Å². The molecule has 2 aromatic rings. The maximum atomic E-state index is 12.4. The van der Waals surface area contributed by atoms with Gasteiger partial charge in [0.25, 0.3) is 10.2 Å². The lowest BCUT2D eigenvalue weighted by atomic mass is 10.1. The number of rotatable bonds is 7. The number of methoxy groups -OCH3 is 1. The Morgan fingerprint density at radius 1 is 1.21 bits per heavy atom. The SMILES string of the molecule is COc1c(C)cnc(CN(C)S(=O)(=O)NCc2ccccc2)c1C. The van der Waals surface area contributed by atoms with Gasteiger partial charge in [0.15, 0.2) is 0 Å². The molecule has 0 saturated carbocycles. The molecule has 6 nitrogen and oxygen atoms in total. The molecule has 130 valence electrons. The molecule has 0 aliphatic heterocycles. The van der Waals surface area contributed by atoms with Crippen molar-refractivity contribution in [3.63, 3.8) is 0 Å². The Morgan fingerprint density at radius 3 is 2.50 bits per heavy atom. The van der Waals surface area contributed by atoms with Crippen LogP contribution in [0.3, 0.4) is 0 Å². The van der Waals surface area contributed by atoms with E-state index in [0.29, 0.717) is 5.69 Å². The predicted molar refractivity (Wildman–Crippen MR) is 93.9 cm³/mol. The van der Waals surface area contributed by atoms with Gasteiger partial charge in [0.05, 0.1) is 19.3 Å². The first-order valence-corrected chi connectivity index (χ1v) is 9.03. The Labute approximate surface area is 143 Å². The number of aromatic nitrogens is 1. The number of hydrogen-bond donors (Lipinski definition) is 1. The molecule has 0 spiro atoms. The minimum Gasteiger partial charge on any atom is -0.496 e. The third-order valence-corrected chi connectivity index (χ3v) is 5.29. The highest BCUT2D eigenvalue weighted by molar-refractivity contribution is 7.87. The molecule has 1 heterocycles. The number of ether oxygens (including phenoxy) is 1. The maximum Gasteiger partial charge on any atom is 0.279 e. The quantitative estimate of drug-likeness (QED) is 0.832. The van der Waals surface area contributed by atoms with Gasteiger partial charge >= 0.3 is 0 Å². The minimum absolute atomic E-state index is 0.173. The molecular weight excluding hydrogens is 326 g/mol. The molecule has 1 N–H and O–H groups in total. The van der Waals surface area contributed by atoms with Gasteiger partial charge in [-0.15, -0.1) is 0 Å². The summed E-state index contributed by atoms with van der Waals surface area (Å²) in [5.41, 5.74) is 3.35. The van der Waals surface area contributed by atoms with Crippen molar-refractivity contribution in [2.45, 2.75) is 26.9 Å². The zero-order valence-electron chi connectivity index (χ0n) is 14.4. The van der Waals surface area contributed by atoms with Crippen molar-refractivity contribution in [2.24, 2.45) is 0 Å². The standard InChI is InChI=1S/C17H23N3O3S/c1-13-10-18-16(14(2)17(13)23-4)12-20(3)24(21,22)19-11-15-8-6-5-7-9-15/h5-10,19H,11-12H2,1-4H3. The first-order valence-electron chi connectivity index (χ1n) is 7.59. The van der Waals surface area contributed by atoms with E-state index in [9.17, 15) is 8.42 Å². The summed E-state index contributed by atoms with van der Waals surface area (Å²) in [7, 11) is -0.474. The minimum atomic E-state index is -3.60. The van der Waals surface area contributed by atoms with Crippen LogP contribution in [0.2, 0.25) is 0 Å². The van der Waals surface area contributed by atoms with Crippen LogP contribution in [0.4, 0.5) is 0 Å². The highest BCUT2D eigenvalue weighted by Crippen LogP contribution is 2.24. The lowest BCUT2D eigenvalue weighted by Gasteiger charge is -2.19. The van der Waals surface area contributed by atoms with Crippen LogP contribution in [0.25, 0.3) is 0 Å². The number of hydrogen-bond acceptors (Lipinski definition) is 4. The molecule has 24 heavy (non-hydrogen) atoms. The van der Waals surface area contributed by atoms with Gasteiger partial charge in [-0.1, -0.05) is 30.3 Å². The van der Waals surface area contributed by atoms with Crippen LogP contribution in [-0.2, 0) is 23.3 Å². The van der Waals surface area contributed by atoms with Crippen molar-refractivity contribution in [1.82, 2.24) is 14.0 Å². The summed E-state index contributed by atoms with van der Waals surface area (Å²) in [6.45, 7) is 4.21. The smallest absolute Gasteiger partial charge is 0.279 e. The van der Waals surface area contributed by atoms with Gasteiger partial charge in [0, 0.05) is 30.9 Å². The average molecular weight is 349 g/mol. The number of pyridine rings is 1. The van der Waals surface area contributed by atoms with Crippen molar-refractivity contribution in [3.8, 4) is 5.75 Å². The fourth-order valence-corrected chi connectivity index (χ4v) is 3.27. The van der Waals surface area contributed by atoms with Gasteiger partial charge in [0.2, 0.25) is 0 Å². The van der Waals surface area contributed by atoms with E-state index in [1.165, 1.54) is 11.4 Å². The molecule has 0 amide bonds. The lowest BCUT2D eigenvalue weighted by molar-refractivity contribution is 0.403. The van der Waals surface area contributed by atoms with E-state index < -0.39 is 10.2 Å². The molecule has 7 heteroatoms. The van der Waals surface area contributed by atoms with E-state index in [2.05, 4.69) is 9.71 Å². The highest BCUT2D eigenvalue weighted by Gasteiger charge is 2.20. The van der Waals surface area contributed by atoms with Crippen LogP contribution in [0.5, 0.6) is 5.75 Å². The molecule has 0 fully saturated rings. The van der Waals surface area contributed by atoms with Crippen LogP contribution >= 0.6 is 0 Å². The molecule has 1 aromatic carbocycles. The van der Waals surface area contributed by atoms with Crippen LogP contribution in [0.1, 0.15) is 22.4 Å². The zero-order valence-corrected chi connectivity index (χ0v) is 15.2. The molecular formula is C17H23N3O3S. The van der Waals surface area contributed by atoms with Crippen molar-refractivity contribution >= 4 is 10.2 Å². The van der Waals surface area contributed by atoms with E-state index in [4.69, 9.17) is 4.74 Å². The predicted octanol–water partition coefficient (Wildman–Crippen LogP) is 2.17. The van der Waals surface area contributed by atoms with Gasteiger partial charge in [-0.25, -0.2) is 0 Å². The second kappa shape index (κ2) is 7.74. The Hall–Kier alpha value is -1.96. The van der Waals surface area contributed by atoms with Crippen molar-refractivity contribution in [1.29, 1.82) is 0 Å². The Bertz CT molecular complexity index is 792. The summed E-state index contributed by atoms with van der Waals surface area (Å²) in [4.78, 5) is 4.34. The van der Waals surface area contributed by atoms with Crippen molar-refractivity contribution < 1.29 is 13.2 Å². The fourth-order valence-electron chi connectivity index (χ4n) is 2.41. The molecule has 0 bridgehead atoms. The van der Waals surface area contributed by atoms with Crippen LogP contribution in [0, 0.1) is 13.8 Å². The third-order valence-electron chi connectivity index (χ3n) is 3.83. The van der Waals surface area contributed by atoms with E-state index >= 15 is 0 Å². The van der Waals surface area contributed by atoms with Gasteiger partial charge in [-0.05, 0) is 19.4 Å². The number of nitrogens with zero attached hydrogens (tertiary/aromatic N) is 2. The van der Waals surface area contributed by atoms with Gasteiger partial charge < -0.3 is 4.74 Å². The molecule has 0 radical (unpaired) electrons. The summed E-state index contributed by atoms with van der Waals surface area (Å²) in [5, 5.41) is 0. The summed E-state index contributed by atoms with van der Waals surface area (Å²) in [6, 6.07) is 9.39. The van der Waals surface area contributed by atoms with Crippen molar-refractivity contribution in [3.05, 3.63) is 58.9 Å². The largest absolute Gasteiger partial charge is 0.496 e. The number of aryl methyl sites for hydroxylation is 1. The van der Waals surface area contributed by atoms with E-state index in [-0.39, 0.29) is 13.1 Å². The first kappa shape index (κ1) is 18.4. The molecule has 0 unspecified atom stereocenters. The monoisotopic (exact) mass is 349 g/mol. The third kappa shape index (κ3) is 4.31. The molecule has 0 aliphatic carbocycles. The fraction of sp³-hybridized carbons (Fsp3) is 0.353. The summed E-state index contributed by atoms with van der Waals surface area (Å²) >= 11 is 0. The second-order valence-corrected chi connectivity index (χ2v) is 7.48. The van der Waals surface area contributed by atoms with E-state index in [1.54, 1.807) is 13.3 Å². The van der Waals surface area contributed by atoms with Crippen LogP contribution < -0.4 is 9.46 Å². The lowest BCUT2D eigenvalue weighted by Crippen LogP contribution is -2.37. The van der Waals surface area contributed by atoms with Gasteiger partial charge in [0.1, 0.15) is 5.75 Å². The summed E-state index contributed by atoms with van der Waals surface area (Å²) < 4.78 is 34.0. The molecule has 0 aliphatic rings. The Morgan fingerprint density at radius 2 is 1.88 bits per heavy atom. The summed E-state index contributed by atoms with van der Waals surface area (Å²) in [6.07, 6.45) is 1.69. The van der Waals surface area contributed by atoms with E-state index in [1.807, 2.05) is 44.2 Å². The number of nitrogens with one attached hydrogen (secondary N) is 1. The van der Waals surface area contributed by atoms with Crippen molar-refractivity contribution in [2.75, 3.05) is 14.2 Å². The topological polar surface area (TPSA) is 71.5 Å². The molecule has 2 rings (SSSR count). The zero-order chi connectivity index (χ0) is 17.7. The molecule has 0 atom stereocenters. The average Bonchev–Trinajstić information content (AvgIpc) is 2.57. The Kier molecular flexibility index (Phi) is 5.93. The van der Waals surface area contributed by atoms with Gasteiger partial charge in [-0.3, -0.25) is 4.98 Å². The second-order valence-electron chi connectivity index (χ2n) is 5.61. The Balaban J connectivity index is 2.09. The molecule has 0 saturated heterocycles. The van der Waals surface area contributed by atoms with Crippen LogP contribution in [-0.4, -0.2) is 31.9 Å². The summed E-state index contributed by atoms with van der Waals surface area (Å²) in [5.74, 6) is 0.739. The number of benzene rings is 1. The first-order chi connectivity index (χ1) is 11.3.